The van der Waals surface area contributed by atoms with Crippen LogP contribution in [0.15, 0.2) is 41.3 Å². The Kier molecular flexibility index (Phi) is 5.07. The van der Waals surface area contributed by atoms with Gasteiger partial charge in [0.15, 0.2) is 0 Å². The van der Waals surface area contributed by atoms with E-state index in [0.29, 0.717) is 18.9 Å². The number of aromatic nitrogens is 1. The molecule has 0 N–H and O–H groups in total. The van der Waals surface area contributed by atoms with Gasteiger partial charge in [-0.2, -0.15) is 9.57 Å². The highest BCUT2D eigenvalue weighted by atomic mass is 32.2. The SMILES string of the molecule is Cc1ccc(S(=O)(=O)N2CCN(c3ccc([N+](=O)[O-])c(C#N)n3)CC2)cc1. The van der Waals surface area contributed by atoms with Gasteiger partial charge in [0.25, 0.3) is 0 Å². The lowest BCUT2D eigenvalue weighted by Gasteiger charge is -2.34. The fourth-order valence-electron chi connectivity index (χ4n) is 2.86. The van der Waals surface area contributed by atoms with E-state index in [1.807, 2.05) is 11.8 Å². The number of hydrogen-bond acceptors (Lipinski definition) is 7. The molecular formula is C17H17N5O4S. The molecule has 0 aliphatic carbocycles. The van der Waals surface area contributed by atoms with Crippen LogP contribution in [0.3, 0.4) is 0 Å². The molecule has 1 aromatic carbocycles. The molecule has 27 heavy (non-hydrogen) atoms. The highest BCUT2D eigenvalue weighted by Crippen LogP contribution is 2.23. The number of hydrogen-bond donors (Lipinski definition) is 0. The summed E-state index contributed by atoms with van der Waals surface area (Å²) in [6.07, 6.45) is 0. The van der Waals surface area contributed by atoms with E-state index in [2.05, 4.69) is 4.98 Å². The van der Waals surface area contributed by atoms with Crippen LogP contribution in [0.1, 0.15) is 11.3 Å². The van der Waals surface area contributed by atoms with Gasteiger partial charge in [-0.3, -0.25) is 10.1 Å². The third-order valence-corrected chi connectivity index (χ3v) is 6.30. The van der Waals surface area contributed by atoms with E-state index in [0.717, 1.165) is 5.56 Å². The standard InChI is InChI=1S/C17H17N5O4S/c1-13-2-4-14(5-3-13)27(25,26)21-10-8-20(9-11-21)17-7-6-16(22(23)24)15(12-18)19-17/h2-7H,8-11H2,1H3. The Morgan fingerprint density at radius 1 is 1.11 bits per heavy atom. The third-order valence-electron chi connectivity index (χ3n) is 4.38. The fraction of sp³-hybridized carbons (Fsp3) is 0.294. The molecule has 1 aliphatic rings. The molecule has 3 rings (SSSR count). The number of benzene rings is 1. The van der Waals surface area contributed by atoms with E-state index < -0.39 is 14.9 Å². The van der Waals surface area contributed by atoms with Crippen LogP contribution in [0.2, 0.25) is 0 Å². The minimum Gasteiger partial charge on any atom is -0.354 e. The van der Waals surface area contributed by atoms with Crippen LogP contribution in [-0.2, 0) is 10.0 Å². The first-order valence-corrected chi connectivity index (χ1v) is 9.64. The van der Waals surface area contributed by atoms with Gasteiger partial charge in [-0.25, -0.2) is 13.4 Å². The van der Waals surface area contributed by atoms with Crippen LogP contribution >= 0.6 is 0 Å². The lowest BCUT2D eigenvalue weighted by atomic mass is 10.2. The molecule has 0 atom stereocenters. The number of nitro groups is 1. The van der Waals surface area contributed by atoms with Gasteiger partial charge in [-0.05, 0) is 25.1 Å². The Morgan fingerprint density at radius 2 is 1.74 bits per heavy atom. The summed E-state index contributed by atoms with van der Waals surface area (Å²) < 4.78 is 26.9. The van der Waals surface area contributed by atoms with Gasteiger partial charge in [-0.15, -0.1) is 0 Å². The zero-order valence-corrected chi connectivity index (χ0v) is 15.4. The molecule has 2 aromatic rings. The molecular weight excluding hydrogens is 370 g/mol. The minimum atomic E-state index is -3.57. The van der Waals surface area contributed by atoms with Crippen LogP contribution in [0.25, 0.3) is 0 Å². The van der Waals surface area contributed by atoms with E-state index in [-0.39, 0.29) is 29.4 Å². The molecule has 0 radical (unpaired) electrons. The normalized spacial score (nSPS) is 15.3. The van der Waals surface area contributed by atoms with Crippen molar-refractivity contribution in [2.24, 2.45) is 0 Å². The Labute approximate surface area is 156 Å². The van der Waals surface area contributed by atoms with Crippen molar-refractivity contribution in [3.8, 4) is 6.07 Å². The Hall–Kier alpha value is -3.03. The first-order valence-electron chi connectivity index (χ1n) is 8.20. The second kappa shape index (κ2) is 7.30. The summed E-state index contributed by atoms with van der Waals surface area (Å²) in [5.41, 5.74) is 0.380. The predicted molar refractivity (Wildman–Crippen MR) is 97.8 cm³/mol. The van der Waals surface area contributed by atoms with Crippen LogP contribution < -0.4 is 4.90 Å². The van der Waals surface area contributed by atoms with Gasteiger partial charge in [0, 0.05) is 32.2 Å². The van der Waals surface area contributed by atoms with E-state index in [9.17, 15) is 18.5 Å². The maximum atomic E-state index is 12.7. The molecule has 140 valence electrons. The lowest BCUT2D eigenvalue weighted by Crippen LogP contribution is -2.48. The van der Waals surface area contributed by atoms with Crippen molar-refractivity contribution in [2.75, 3.05) is 31.1 Å². The molecule has 1 saturated heterocycles. The number of anilines is 1. The second-order valence-corrected chi connectivity index (χ2v) is 8.05. The summed E-state index contributed by atoms with van der Waals surface area (Å²) >= 11 is 0. The monoisotopic (exact) mass is 387 g/mol. The van der Waals surface area contributed by atoms with Crippen LogP contribution in [0.4, 0.5) is 11.5 Å². The molecule has 1 fully saturated rings. The van der Waals surface area contributed by atoms with E-state index in [4.69, 9.17) is 5.26 Å². The van der Waals surface area contributed by atoms with Crippen molar-refractivity contribution in [1.82, 2.24) is 9.29 Å². The van der Waals surface area contributed by atoms with Crippen molar-refractivity contribution in [3.05, 3.63) is 57.8 Å². The second-order valence-electron chi connectivity index (χ2n) is 6.11. The van der Waals surface area contributed by atoms with Crippen LogP contribution in [-0.4, -0.2) is 48.8 Å². The summed E-state index contributed by atoms with van der Waals surface area (Å²) in [6, 6.07) is 11.1. The molecule has 0 saturated carbocycles. The van der Waals surface area contributed by atoms with Crippen molar-refractivity contribution >= 4 is 21.5 Å². The number of nitriles is 1. The minimum absolute atomic E-state index is 0.252. The lowest BCUT2D eigenvalue weighted by molar-refractivity contribution is -0.385. The molecule has 1 aromatic heterocycles. The quantitative estimate of drug-likeness (QED) is 0.578. The van der Waals surface area contributed by atoms with Crippen LogP contribution in [0.5, 0.6) is 0 Å². The smallest absolute Gasteiger partial charge is 0.305 e. The van der Waals surface area contributed by atoms with E-state index in [1.54, 1.807) is 30.3 Å². The summed E-state index contributed by atoms with van der Waals surface area (Å²) in [7, 11) is -3.57. The summed E-state index contributed by atoms with van der Waals surface area (Å²) in [6.45, 7) is 3.16. The molecule has 1 aliphatic heterocycles. The highest BCUT2D eigenvalue weighted by Gasteiger charge is 2.29. The van der Waals surface area contributed by atoms with Gasteiger partial charge in [0.05, 0.1) is 9.82 Å². The molecule has 0 spiro atoms. The maximum absolute atomic E-state index is 12.7. The summed E-state index contributed by atoms with van der Waals surface area (Å²) in [4.78, 5) is 16.4. The number of nitrogens with zero attached hydrogens (tertiary/aromatic N) is 5. The molecule has 9 nitrogen and oxygen atoms in total. The van der Waals surface area contributed by atoms with Gasteiger partial charge >= 0.3 is 5.69 Å². The van der Waals surface area contributed by atoms with Gasteiger partial charge in [0.1, 0.15) is 11.9 Å². The topological polar surface area (TPSA) is 120 Å². The van der Waals surface area contributed by atoms with Crippen molar-refractivity contribution < 1.29 is 13.3 Å². The first kappa shape index (κ1) is 18.8. The molecule has 2 heterocycles. The number of piperazine rings is 1. The van der Waals surface area contributed by atoms with Gasteiger partial charge < -0.3 is 4.90 Å². The zero-order valence-electron chi connectivity index (χ0n) is 14.6. The molecule has 0 unspecified atom stereocenters. The Bertz CT molecular complexity index is 1010. The predicted octanol–water partition coefficient (Wildman–Crippen LogP) is 1.68. The van der Waals surface area contributed by atoms with E-state index in [1.165, 1.54) is 16.4 Å². The van der Waals surface area contributed by atoms with Crippen LogP contribution in [0, 0.1) is 28.4 Å². The average molecular weight is 387 g/mol. The van der Waals surface area contributed by atoms with Crippen molar-refractivity contribution in [3.63, 3.8) is 0 Å². The number of rotatable bonds is 4. The highest BCUT2D eigenvalue weighted by molar-refractivity contribution is 7.89. The fourth-order valence-corrected chi connectivity index (χ4v) is 4.29. The summed E-state index contributed by atoms with van der Waals surface area (Å²) in [5, 5.41) is 20.0. The molecule has 0 bridgehead atoms. The van der Waals surface area contributed by atoms with Gasteiger partial charge in [-0.1, -0.05) is 17.7 Å². The molecule has 10 heteroatoms. The first-order chi connectivity index (χ1) is 12.8. The van der Waals surface area contributed by atoms with Crippen molar-refractivity contribution in [1.29, 1.82) is 5.26 Å². The van der Waals surface area contributed by atoms with E-state index >= 15 is 0 Å². The third kappa shape index (κ3) is 3.74. The average Bonchev–Trinajstić information content (AvgIpc) is 2.67. The number of sulfonamides is 1. The molecule has 0 amide bonds. The Balaban J connectivity index is 1.75. The van der Waals surface area contributed by atoms with Crippen molar-refractivity contribution in [2.45, 2.75) is 11.8 Å². The summed E-state index contributed by atoms with van der Waals surface area (Å²) in [5.74, 6) is 0.421. The van der Waals surface area contributed by atoms with Gasteiger partial charge in [0.2, 0.25) is 15.7 Å². The largest absolute Gasteiger partial charge is 0.354 e. The number of aryl methyl sites for hydroxylation is 1. The maximum Gasteiger partial charge on any atom is 0.305 e. The number of pyridine rings is 1. The Morgan fingerprint density at radius 3 is 2.30 bits per heavy atom. The zero-order chi connectivity index (χ0) is 19.6.